The fourth-order valence-corrected chi connectivity index (χ4v) is 4.53. The predicted molar refractivity (Wildman–Crippen MR) is 127 cm³/mol. The number of carbonyl (C=O) groups is 2. The second-order valence-corrected chi connectivity index (χ2v) is 8.64. The molecule has 0 aliphatic carbocycles. The van der Waals surface area contributed by atoms with Crippen LogP contribution in [0.25, 0.3) is 5.57 Å². The summed E-state index contributed by atoms with van der Waals surface area (Å²) in [5.74, 6) is 0.924. The van der Waals surface area contributed by atoms with Crippen molar-refractivity contribution in [2.75, 3.05) is 41.4 Å². The van der Waals surface area contributed by atoms with E-state index >= 15 is 0 Å². The quantitative estimate of drug-likeness (QED) is 0.606. The van der Waals surface area contributed by atoms with Crippen molar-refractivity contribution in [3.63, 3.8) is 0 Å². The molecule has 7 heteroatoms. The van der Waals surface area contributed by atoms with E-state index in [1.54, 1.807) is 14.2 Å². The van der Waals surface area contributed by atoms with Crippen molar-refractivity contribution in [3.8, 4) is 11.5 Å². The second kappa shape index (κ2) is 9.67. The highest BCUT2D eigenvalue weighted by Gasteiger charge is 2.42. The lowest BCUT2D eigenvalue weighted by atomic mass is 10.00. The lowest BCUT2D eigenvalue weighted by molar-refractivity contribution is -0.138. The maximum atomic E-state index is 13.6. The number of rotatable bonds is 7. The van der Waals surface area contributed by atoms with Crippen molar-refractivity contribution in [1.82, 2.24) is 14.7 Å². The Balaban J connectivity index is 1.68. The third-order valence-corrected chi connectivity index (χ3v) is 6.61. The van der Waals surface area contributed by atoms with E-state index in [1.807, 2.05) is 60.5 Å². The van der Waals surface area contributed by atoms with Gasteiger partial charge in [-0.15, -0.1) is 0 Å². The zero-order valence-electron chi connectivity index (χ0n) is 19.7. The number of nitrogens with zero attached hydrogens (tertiary/aromatic N) is 3. The first-order chi connectivity index (χ1) is 15.9. The van der Waals surface area contributed by atoms with Crippen LogP contribution in [0.4, 0.5) is 0 Å². The third kappa shape index (κ3) is 4.59. The van der Waals surface area contributed by atoms with Crippen molar-refractivity contribution in [2.45, 2.75) is 25.4 Å². The average molecular weight is 450 g/mol. The molecule has 0 saturated carbocycles. The van der Waals surface area contributed by atoms with Gasteiger partial charge in [-0.25, -0.2) is 0 Å². The van der Waals surface area contributed by atoms with Crippen LogP contribution in [0.15, 0.2) is 54.2 Å². The molecule has 2 aliphatic rings. The first-order valence-electron chi connectivity index (χ1n) is 11.2. The summed E-state index contributed by atoms with van der Waals surface area (Å²) in [6.07, 6.45) is 1.90. The third-order valence-electron chi connectivity index (χ3n) is 6.61. The van der Waals surface area contributed by atoms with E-state index in [0.29, 0.717) is 17.0 Å². The highest BCUT2D eigenvalue weighted by molar-refractivity contribution is 6.35. The van der Waals surface area contributed by atoms with Gasteiger partial charge < -0.3 is 19.3 Å². The smallest absolute Gasteiger partial charge is 0.278 e. The zero-order valence-corrected chi connectivity index (χ0v) is 19.7. The lowest BCUT2D eigenvalue weighted by Gasteiger charge is -2.36. The van der Waals surface area contributed by atoms with E-state index in [4.69, 9.17) is 9.47 Å². The van der Waals surface area contributed by atoms with Crippen LogP contribution in [0, 0.1) is 0 Å². The summed E-state index contributed by atoms with van der Waals surface area (Å²) in [5.41, 5.74) is 2.53. The van der Waals surface area contributed by atoms with E-state index in [0.717, 1.165) is 42.8 Å². The highest BCUT2D eigenvalue weighted by atomic mass is 16.5. The Kier molecular flexibility index (Phi) is 6.70. The van der Waals surface area contributed by atoms with Crippen LogP contribution in [0.1, 0.15) is 24.0 Å². The van der Waals surface area contributed by atoms with Crippen molar-refractivity contribution < 1.29 is 19.1 Å². The van der Waals surface area contributed by atoms with Gasteiger partial charge >= 0.3 is 0 Å². The molecule has 2 amide bonds. The number of amides is 2. The molecule has 0 atom stereocenters. The fourth-order valence-electron chi connectivity index (χ4n) is 4.53. The van der Waals surface area contributed by atoms with Gasteiger partial charge in [0.25, 0.3) is 11.8 Å². The van der Waals surface area contributed by atoms with Crippen LogP contribution in [-0.4, -0.2) is 74.0 Å². The Morgan fingerprint density at radius 2 is 1.42 bits per heavy atom. The van der Waals surface area contributed by atoms with Crippen LogP contribution in [0.2, 0.25) is 0 Å². The molecule has 7 nitrogen and oxygen atoms in total. The van der Waals surface area contributed by atoms with Gasteiger partial charge in [0.15, 0.2) is 0 Å². The molecular formula is C26H31N3O4. The number of likely N-dealkylation sites (N-methyl/N-ethyl adjacent to an activating group) is 1. The van der Waals surface area contributed by atoms with Gasteiger partial charge in [-0.05, 0) is 68.4 Å². The summed E-state index contributed by atoms with van der Waals surface area (Å²) in [6.45, 7) is 2.15. The SMILES string of the molecule is COc1ccc(CN2C(=O)C(c3ccc(OC)cc3)=C(N(C)C3CCN(C)CC3)C2=O)cc1. The molecule has 0 radical (unpaired) electrons. The Hall–Kier alpha value is -3.32. The number of carbonyl (C=O) groups excluding carboxylic acids is 2. The standard InChI is InChI=1S/C26H31N3O4/c1-27-15-13-20(14-16-27)28(2)24-23(19-7-11-22(33-4)12-8-19)25(30)29(26(24)31)17-18-5-9-21(32-3)10-6-18/h5-12,20H,13-17H2,1-4H3. The van der Waals surface area contributed by atoms with Crippen LogP contribution < -0.4 is 9.47 Å². The highest BCUT2D eigenvalue weighted by Crippen LogP contribution is 2.35. The number of imide groups is 1. The van der Waals surface area contributed by atoms with Gasteiger partial charge in [-0.1, -0.05) is 24.3 Å². The number of hydrogen-bond acceptors (Lipinski definition) is 6. The summed E-state index contributed by atoms with van der Waals surface area (Å²) >= 11 is 0. The molecule has 0 bridgehead atoms. The molecule has 2 aliphatic heterocycles. The first kappa shape index (κ1) is 22.9. The van der Waals surface area contributed by atoms with Crippen molar-refractivity contribution in [3.05, 3.63) is 65.4 Å². The lowest BCUT2D eigenvalue weighted by Crippen LogP contribution is -2.43. The molecule has 1 saturated heterocycles. The number of ether oxygens (including phenoxy) is 2. The molecule has 0 aromatic heterocycles. The maximum absolute atomic E-state index is 13.6. The van der Waals surface area contributed by atoms with Crippen LogP contribution in [0.3, 0.4) is 0 Å². The molecular weight excluding hydrogens is 418 g/mol. The second-order valence-electron chi connectivity index (χ2n) is 8.64. The number of piperidine rings is 1. The monoisotopic (exact) mass is 449 g/mol. The summed E-state index contributed by atoms with van der Waals surface area (Å²) in [6, 6.07) is 15.0. The molecule has 2 heterocycles. The van der Waals surface area contributed by atoms with E-state index in [9.17, 15) is 9.59 Å². The molecule has 0 N–H and O–H groups in total. The number of methoxy groups -OCH3 is 2. The van der Waals surface area contributed by atoms with Crippen molar-refractivity contribution in [2.24, 2.45) is 0 Å². The number of hydrogen-bond donors (Lipinski definition) is 0. The van der Waals surface area contributed by atoms with Crippen LogP contribution >= 0.6 is 0 Å². The molecule has 2 aromatic carbocycles. The zero-order chi connectivity index (χ0) is 23.5. The number of benzene rings is 2. The summed E-state index contributed by atoms with van der Waals surface area (Å²) in [7, 11) is 7.27. The van der Waals surface area contributed by atoms with Crippen molar-refractivity contribution >= 4 is 17.4 Å². The fraction of sp³-hybridized carbons (Fsp3) is 0.385. The Morgan fingerprint density at radius 3 is 1.97 bits per heavy atom. The van der Waals surface area contributed by atoms with E-state index in [1.165, 1.54) is 4.90 Å². The van der Waals surface area contributed by atoms with E-state index in [2.05, 4.69) is 11.9 Å². The normalized spacial score (nSPS) is 17.6. The molecule has 0 spiro atoms. The summed E-state index contributed by atoms with van der Waals surface area (Å²) < 4.78 is 10.5. The minimum atomic E-state index is -0.268. The van der Waals surface area contributed by atoms with Gasteiger partial charge in [0, 0.05) is 13.1 Å². The van der Waals surface area contributed by atoms with E-state index in [-0.39, 0.29) is 24.4 Å². The minimum absolute atomic E-state index is 0.210. The van der Waals surface area contributed by atoms with Gasteiger partial charge in [0.05, 0.1) is 26.3 Å². The topological polar surface area (TPSA) is 62.3 Å². The van der Waals surface area contributed by atoms with Gasteiger partial charge in [0.1, 0.15) is 17.2 Å². The number of likely N-dealkylation sites (tertiary alicyclic amines) is 1. The largest absolute Gasteiger partial charge is 0.497 e. The van der Waals surface area contributed by atoms with Crippen LogP contribution in [0.5, 0.6) is 11.5 Å². The van der Waals surface area contributed by atoms with E-state index < -0.39 is 0 Å². The Bertz CT molecular complexity index is 1040. The van der Waals surface area contributed by atoms with Gasteiger partial charge in [-0.3, -0.25) is 14.5 Å². The summed E-state index contributed by atoms with van der Waals surface area (Å²) in [5, 5.41) is 0. The summed E-state index contributed by atoms with van der Waals surface area (Å²) in [4.78, 5) is 32.9. The molecule has 2 aromatic rings. The van der Waals surface area contributed by atoms with Gasteiger partial charge in [0.2, 0.25) is 0 Å². The average Bonchev–Trinajstić information content (AvgIpc) is 3.09. The molecule has 174 valence electrons. The van der Waals surface area contributed by atoms with Gasteiger partial charge in [-0.2, -0.15) is 0 Å². The Labute approximate surface area is 195 Å². The van der Waals surface area contributed by atoms with Crippen molar-refractivity contribution in [1.29, 1.82) is 0 Å². The molecule has 4 rings (SSSR count). The maximum Gasteiger partial charge on any atom is 0.278 e. The van der Waals surface area contributed by atoms with Crippen LogP contribution in [-0.2, 0) is 16.1 Å². The minimum Gasteiger partial charge on any atom is -0.497 e. The molecule has 33 heavy (non-hydrogen) atoms. The Morgan fingerprint density at radius 1 is 0.879 bits per heavy atom. The first-order valence-corrected chi connectivity index (χ1v) is 11.2. The molecule has 1 fully saturated rings. The molecule has 0 unspecified atom stereocenters. The predicted octanol–water partition coefficient (Wildman–Crippen LogP) is 3.01.